The van der Waals surface area contributed by atoms with Crippen molar-refractivity contribution < 1.29 is 4.74 Å². The first-order valence-electron chi connectivity index (χ1n) is 5.17. The molecule has 2 aromatic rings. The van der Waals surface area contributed by atoms with Gasteiger partial charge in [-0.25, -0.2) is 0 Å². The Kier molecular flexibility index (Phi) is 2.98. The molecule has 0 fully saturated rings. The third-order valence-corrected chi connectivity index (χ3v) is 3.12. The maximum absolute atomic E-state index is 6.22. The molecule has 0 aliphatic rings. The summed E-state index contributed by atoms with van der Waals surface area (Å²) in [6, 6.07) is 5.51. The number of hydrogen-bond acceptors (Lipinski definition) is 3. The van der Waals surface area contributed by atoms with Gasteiger partial charge in [0.1, 0.15) is 5.75 Å². The van der Waals surface area contributed by atoms with E-state index >= 15 is 0 Å². The van der Waals surface area contributed by atoms with Gasteiger partial charge in [0.25, 0.3) is 0 Å². The second-order valence-corrected chi connectivity index (χ2v) is 4.22. The van der Waals surface area contributed by atoms with Gasteiger partial charge in [-0.3, -0.25) is 4.68 Å². The fourth-order valence-corrected chi connectivity index (χ4v) is 2.06. The van der Waals surface area contributed by atoms with Crippen LogP contribution in [0.25, 0.3) is 11.1 Å². The van der Waals surface area contributed by atoms with Crippen LogP contribution in [0.15, 0.2) is 18.2 Å². The van der Waals surface area contributed by atoms with Crippen LogP contribution in [0.5, 0.6) is 5.75 Å². The summed E-state index contributed by atoms with van der Waals surface area (Å²) in [4.78, 5) is 0. The molecule has 0 unspecified atom stereocenters. The van der Waals surface area contributed by atoms with Crippen molar-refractivity contribution in [1.82, 2.24) is 9.78 Å². The van der Waals surface area contributed by atoms with Gasteiger partial charge in [0.2, 0.25) is 0 Å². The molecule has 1 aromatic heterocycles. The SMILES string of the molecule is COc1ccc(-c2c(N)nn(C)c2C)c(Cl)c1. The zero-order chi connectivity index (χ0) is 12.6. The number of halogens is 1. The van der Waals surface area contributed by atoms with Crippen LogP contribution < -0.4 is 10.5 Å². The summed E-state index contributed by atoms with van der Waals surface area (Å²) in [5.41, 5.74) is 8.62. The number of nitrogen functional groups attached to an aromatic ring is 1. The Morgan fingerprint density at radius 2 is 2.12 bits per heavy atom. The number of anilines is 1. The number of hydrogen-bond donors (Lipinski definition) is 1. The minimum absolute atomic E-state index is 0.483. The summed E-state index contributed by atoms with van der Waals surface area (Å²) >= 11 is 6.22. The second-order valence-electron chi connectivity index (χ2n) is 3.82. The monoisotopic (exact) mass is 251 g/mol. The first-order valence-corrected chi connectivity index (χ1v) is 5.55. The molecule has 17 heavy (non-hydrogen) atoms. The largest absolute Gasteiger partial charge is 0.497 e. The highest BCUT2D eigenvalue weighted by Gasteiger charge is 2.15. The van der Waals surface area contributed by atoms with Gasteiger partial charge in [-0.2, -0.15) is 5.10 Å². The second kappa shape index (κ2) is 4.30. The topological polar surface area (TPSA) is 53.1 Å². The van der Waals surface area contributed by atoms with Crippen molar-refractivity contribution in [3.8, 4) is 16.9 Å². The molecule has 0 atom stereocenters. The number of aryl methyl sites for hydroxylation is 1. The lowest BCUT2D eigenvalue weighted by molar-refractivity contribution is 0.415. The molecule has 2 rings (SSSR count). The van der Waals surface area contributed by atoms with E-state index in [4.69, 9.17) is 22.1 Å². The highest BCUT2D eigenvalue weighted by Crippen LogP contribution is 2.35. The molecule has 5 heteroatoms. The molecule has 1 aromatic carbocycles. The number of rotatable bonds is 2. The smallest absolute Gasteiger partial charge is 0.153 e. The molecule has 0 saturated carbocycles. The normalized spacial score (nSPS) is 10.6. The molecule has 0 spiro atoms. The van der Waals surface area contributed by atoms with Crippen molar-refractivity contribution in [3.05, 3.63) is 28.9 Å². The first kappa shape index (κ1) is 11.8. The summed E-state index contributed by atoms with van der Waals surface area (Å²) < 4.78 is 6.86. The van der Waals surface area contributed by atoms with E-state index in [1.807, 2.05) is 26.1 Å². The Morgan fingerprint density at radius 3 is 2.59 bits per heavy atom. The fraction of sp³-hybridized carbons (Fsp3) is 0.250. The number of aromatic nitrogens is 2. The van der Waals surface area contributed by atoms with Crippen LogP contribution in [0.3, 0.4) is 0 Å². The Hall–Kier alpha value is -1.68. The lowest BCUT2D eigenvalue weighted by Crippen LogP contribution is -1.93. The molecule has 90 valence electrons. The molecule has 0 bridgehead atoms. The Bertz CT molecular complexity index is 563. The van der Waals surface area contributed by atoms with Crippen molar-refractivity contribution in [1.29, 1.82) is 0 Å². The van der Waals surface area contributed by atoms with Crippen LogP contribution in [-0.4, -0.2) is 16.9 Å². The van der Waals surface area contributed by atoms with Gasteiger partial charge in [-0.15, -0.1) is 0 Å². The summed E-state index contributed by atoms with van der Waals surface area (Å²) in [6.45, 7) is 1.96. The summed E-state index contributed by atoms with van der Waals surface area (Å²) in [7, 11) is 3.46. The van der Waals surface area contributed by atoms with Crippen molar-refractivity contribution >= 4 is 17.4 Å². The number of methoxy groups -OCH3 is 1. The molecule has 0 aliphatic carbocycles. The summed E-state index contributed by atoms with van der Waals surface area (Å²) in [6.07, 6.45) is 0. The highest BCUT2D eigenvalue weighted by molar-refractivity contribution is 6.33. The zero-order valence-electron chi connectivity index (χ0n) is 9.99. The molecule has 0 amide bonds. The molecule has 0 radical (unpaired) electrons. The maximum atomic E-state index is 6.22. The predicted octanol–water partition coefficient (Wildman–Crippen LogP) is 2.64. The van der Waals surface area contributed by atoms with Crippen LogP contribution in [0.2, 0.25) is 5.02 Å². The standard InChI is InChI=1S/C12H14ClN3O/c1-7-11(12(14)15-16(7)2)9-5-4-8(17-3)6-10(9)13/h4-6H,1-3H3,(H2,14,15). The number of nitrogens with two attached hydrogens (primary N) is 1. The van der Waals surface area contributed by atoms with Crippen LogP contribution in [0.1, 0.15) is 5.69 Å². The number of nitrogens with zero attached hydrogens (tertiary/aromatic N) is 2. The van der Waals surface area contributed by atoms with Gasteiger partial charge < -0.3 is 10.5 Å². The molecule has 4 nitrogen and oxygen atoms in total. The van der Waals surface area contributed by atoms with Crippen molar-refractivity contribution in [2.45, 2.75) is 6.92 Å². The van der Waals surface area contributed by atoms with Gasteiger partial charge >= 0.3 is 0 Å². The van der Waals surface area contributed by atoms with Gasteiger partial charge in [-0.1, -0.05) is 11.6 Å². The minimum atomic E-state index is 0.483. The molecule has 2 N–H and O–H groups in total. The first-order chi connectivity index (χ1) is 8.04. The van der Waals surface area contributed by atoms with Crippen LogP contribution in [0.4, 0.5) is 5.82 Å². The molecule has 1 heterocycles. The van der Waals surface area contributed by atoms with E-state index in [2.05, 4.69) is 5.10 Å². The van der Waals surface area contributed by atoms with Crippen LogP contribution in [-0.2, 0) is 7.05 Å². The van der Waals surface area contributed by atoms with E-state index in [0.717, 1.165) is 22.6 Å². The van der Waals surface area contributed by atoms with Crippen molar-refractivity contribution in [3.63, 3.8) is 0 Å². The average molecular weight is 252 g/mol. The van der Waals surface area contributed by atoms with E-state index in [1.165, 1.54) is 0 Å². The Morgan fingerprint density at radius 1 is 1.41 bits per heavy atom. The van der Waals surface area contributed by atoms with E-state index < -0.39 is 0 Å². The van der Waals surface area contributed by atoms with Crippen LogP contribution in [0, 0.1) is 6.92 Å². The van der Waals surface area contributed by atoms with E-state index in [9.17, 15) is 0 Å². The third kappa shape index (κ3) is 1.96. The number of benzene rings is 1. The van der Waals surface area contributed by atoms with E-state index in [1.54, 1.807) is 17.9 Å². The van der Waals surface area contributed by atoms with Gasteiger partial charge in [-0.05, 0) is 25.1 Å². The lowest BCUT2D eigenvalue weighted by Gasteiger charge is -2.07. The Labute approximate surface area is 105 Å². The molecular weight excluding hydrogens is 238 g/mol. The Balaban J connectivity index is 2.60. The molecular formula is C12H14ClN3O. The fourth-order valence-electron chi connectivity index (χ4n) is 1.79. The minimum Gasteiger partial charge on any atom is -0.497 e. The summed E-state index contributed by atoms with van der Waals surface area (Å²) in [5.74, 6) is 1.20. The predicted molar refractivity (Wildman–Crippen MR) is 69.4 cm³/mol. The quantitative estimate of drug-likeness (QED) is 0.893. The highest BCUT2D eigenvalue weighted by atomic mass is 35.5. The van der Waals surface area contributed by atoms with Gasteiger partial charge in [0.05, 0.1) is 12.1 Å². The maximum Gasteiger partial charge on any atom is 0.153 e. The number of ether oxygens (including phenoxy) is 1. The third-order valence-electron chi connectivity index (χ3n) is 2.81. The average Bonchev–Trinajstić information content (AvgIpc) is 2.54. The van der Waals surface area contributed by atoms with Gasteiger partial charge in [0.15, 0.2) is 5.82 Å². The lowest BCUT2D eigenvalue weighted by atomic mass is 10.1. The molecule has 0 aliphatic heterocycles. The molecule has 0 saturated heterocycles. The van der Waals surface area contributed by atoms with Gasteiger partial charge in [0, 0.05) is 23.9 Å². The van der Waals surface area contributed by atoms with E-state index in [-0.39, 0.29) is 0 Å². The van der Waals surface area contributed by atoms with Crippen molar-refractivity contribution in [2.24, 2.45) is 7.05 Å². The summed E-state index contributed by atoms with van der Waals surface area (Å²) in [5, 5.41) is 4.78. The van der Waals surface area contributed by atoms with Crippen molar-refractivity contribution in [2.75, 3.05) is 12.8 Å². The van der Waals surface area contributed by atoms with E-state index in [0.29, 0.717) is 10.8 Å². The zero-order valence-corrected chi connectivity index (χ0v) is 10.7. The van der Waals surface area contributed by atoms with Crippen LogP contribution >= 0.6 is 11.6 Å².